The topological polar surface area (TPSA) is 50.7 Å². The van der Waals surface area contributed by atoms with Crippen molar-refractivity contribution in [3.8, 4) is 0 Å². The van der Waals surface area contributed by atoms with Crippen molar-refractivity contribution in [3.05, 3.63) is 34.2 Å². The van der Waals surface area contributed by atoms with Crippen LogP contribution >= 0.6 is 0 Å². The maximum atomic E-state index is 10.3. The Kier molecular flexibility index (Phi) is 4.22. The van der Waals surface area contributed by atoms with Gasteiger partial charge in [-0.2, -0.15) is 0 Å². The van der Waals surface area contributed by atoms with Crippen LogP contribution in [0.15, 0.2) is 23.4 Å². The first-order valence-electron chi connectivity index (χ1n) is 4.40. The van der Waals surface area contributed by atoms with Crippen molar-refractivity contribution in [2.75, 3.05) is 14.2 Å². The Balaban J connectivity index is 2.96. The first-order valence-corrected chi connectivity index (χ1v) is 4.40. The van der Waals surface area contributed by atoms with E-state index in [4.69, 9.17) is 4.74 Å². The molecule has 0 aliphatic rings. The van der Waals surface area contributed by atoms with Crippen LogP contribution in [0.3, 0.4) is 0 Å². The molecule has 0 atom stereocenters. The van der Waals surface area contributed by atoms with Gasteiger partial charge in [-0.25, -0.2) is 0 Å². The second kappa shape index (κ2) is 5.47. The van der Waals surface area contributed by atoms with Crippen LogP contribution in [0.4, 0.5) is 5.69 Å². The average molecular weight is 194 g/mol. The van der Waals surface area contributed by atoms with E-state index in [1.807, 2.05) is 13.1 Å². The summed E-state index contributed by atoms with van der Waals surface area (Å²) in [4.78, 5) is 10.3. The first-order chi connectivity index (χ1) is 6.81. The maximum Gasteiger partial charge on any atom is 0.108 e. The molecule has 0 heterocycles. The van der Waals surface area contributed by atoms with E-state index in [1.165, 1.54) is 0 Å². The minimum absolute atomic E-state index is 0.454. The number of benzene rings is 1. The van der Waals surface area contributed by atoms with Gasteiger partial charge in [-0.1, -0.05) is 6.07 Å². The van der Waals surface area contributed by atoms with E-state index in [2.05, 4.69) is 10.5 Å². The Bertz CT molecular complexity index is 313. The lowest BCUT2D eigenvalue weighted by Crippen LogP contribution is -2.08. The van der Waals surface area contributed by atoms with Crippen LogP contribution in [0.1, 0.15) is 11.1 Å². The summed E-state index contributed by atoms with van der Waals surface area (Å²) >= 11 is 0. The summed E-state index contributed by atoms with van der Waals surface area (Å²) in [6.07, 6.45) is 0. The largest absolute Gasteiger partial charge is 0.380 e. The quantitative estimate of drug-likeness (QED) is 0.729. The highest BCUT2D eigenvalue weighted by Gasteiger charge is 2.03. The van der Waals surface area contributed by atoms with Crippen LogP contribution in [0.25, 0.3) is 0 Å². The molecular weight excluding hydrogens is 180 g/mol. The fraction of sp³-hybridized carbons (Fsp3) is 0.400. The van der Waals surface area contributed by atoms with Gasteiger partial charge in [-0.3, -0.25) is 0 Å². The predicted octanol–water partition coefficient (Wildman–Crippen LogP) is 1.95. The predicted molar refractivity (Wildman–Crippen MR) is 55.4 cm³/mol. The van der Waals surface area contributed by atoms with Crippen LogP contribution in [0.5, 0.6) is 0 Å². The van der Waals surface area contributed by atoms with Crippen molar-refractivity contribution in [2.45, 2.75) is 13.2 Å². The van der Waals surface area contributed by atoms with Gasteiger partial charge in [0.15, 0.2) is 0 Å². The van der Waals surface area contributed by atoms with Crippen LogP contribution < -0.4 is 5.32 Å². The van der Waals surface area contributed by atoms with E-state index in [-0.39, 0.29) is 0 Å². The molecule has 0 bridgehead atoms. The molecule has 76 valence electrons. The summed E-state index contributed by atoms with van der Waals surface area (Å²) in [5.74, 6) is 0. The van der Waals surface area contributed by atoms with Gasteiger partial charge in [-0.15, -0.1) is 4.91 Å². The molecule has 1 rings (SSSR count). The number of nitrogens with zero attached hydrogens (tertiary/aromatic N) is 1. The smallest absolute Gasteiger partial charge is 0.108 e. The van der Waals surface area contributed by atoms with Crippen LogP contribution in [0.2, 0.25) is 0 Å². The third kappa shape index (κ3) is 2.61. The third-order valence-corrected chi connectivity index (χ3v) is 1.96. The van der Waals surface area contributed by atoms with Crippen molar-refractivity contribution < 1.29 is 4.74 Å². The van der Waals surface area contributed by atoms with E-state index >= 15 is 0 Å². The number of hydrogen-bond donors (Lipinski definition) is 1. The summed E-state index contributed by atoms with van der Waals surface area (Å²) in [5, 5.41) is 5.93. The number of methoxy groups -OCH3 is 1. The molecule has 0 saturated heterocycles. The van der Waals surface area contributed by atoms with Gasteiger partial charge in [0.25, 0.3) is 0 Å². The number of rotatable bonds is 5. The highest BCUT2D eigenvalue weighted by molar-refractivity contribution is 5.43. The lowest BCUT2D eigenvalue weighted by Gasteiger charge is -2.08. The van der Waals surface area contributed by atoms with Crippen molar-refractivity contribution in [3.63, 3.8) is 0 Å². The molecule has 4 nitrogen and oxygen atoms in total. The normalized spacial score (nSPS) is 10.1. The molecule has 0 saturated carbocycles. The summed E-state index contributed by atoms with van der Waals surface area (Å²) in [5.41, 5.74) is 2.58. The molecule has 0 aliphatic carbocycles. The molecule has 0 aliphatic heterocycles. The molecule has 4 heteroatoms. The summed E-state index contributed by atoms with van der Waals surface area (Å²) in [7, 11) is 3.51. The van der Waals surface area contributed by atoms with E-state index < -0.39 is 0 Å². The monoisotopic (exact) mass is 194 g/mol. The minimum Gasteiger partial charge on any atom is -0.380 e. The standard InChI is InChI=1S/C10H14N2O2/c1-11-6-9-5-10(12-13)4-3-8(9)7-14-2/h3-5,11H,6-7H2,1-2H3. The number of ether oxygens (including phenoxy) is 1. The van der Waals surface area contributed by atoms with Gasteiger partial charge in [0.05, 0.1) is 6.61 Å². The molecule has 1 aromatic carbocycles. The average Bonchev–Trinajstić information content (AvgIpc) is 2.21. The molecule has 14 heavy (non-hydrogen) atoms. The Morgan fingerprint density at radius 3 is 2.79 bits per heavy atom. The van der Waals surface area contributed by atoms with E-state index in [9.17, 15) is 4.91 Å². The van der Waals surface area contributed by atoms with Crippen LogP contribution in [-0.4, -0.2) is 14.2 Å². The van der Waals surface area contributed by atoms with Crippen molar-refractivity contribution in [1.29, 1.82) is 0 Å². The van der Waals surface area contributed by atoms with Gasteiger partial charge >= 0.3 is 0 Å². The molecule has 1 aromatic rings. The number of hydrogen-bond acceptors (Lipinski definition) is 4. The SMILES string of the molecule is CNCc1cc(N=O)ccc1COC. The Hall–Kier alpha value is -1.26. The van der Waals surface area contributed by atoms with Crippen molar-refractivity contribution in [2.24, 2.45) is 5.18 Å². The molecule has 0 amide bonds. The zero-order valence-electron chi connectivity index (χ0n) is 8.41. The van der Waals surface area contributed by atoms with Crippen LogP contribution in [-0.2, 0) is 17.9 Å². The maximum absolute atomic E-state index is 10.3. The number of nitroso groups, excluding NO2 is 1. The highest BCUT2D eigenvalue weighted by Crippen LogP contribution is 2.18. The van der Waals surface area contributed by atoms with Gasteiger partial charge in [0.2, 0.25) is 0 Å². The second-order valence-electron chi connectivity index (χ2n) is 3.01. The summed E-state index contributed by atoms with van der Waals surface area (Å²) < 4.78 is 5.05. The first kappa shape index (κ1) is 10.8. The van der Waals surface area contributed by atoms with E-state index in [0.717, 1.165) is 11.1 Å². The highest BCUT2D eigenvalue weighted by atomic mass is 16.5. The molecule has 0 radical (unpaired) electrons. The number of nitrogens with one attached hydrogen (secondary N) is 1. The van der Waals surface area contributed by atoms with Gasteiger partial charge in [0.1, 0.15) is 5.69 Å². The van der Waals surface area contributed by atoms with E-state index in [0.29, 0.717) is 18.8 Å². The molecule has 0 fully saturated rings. The molecule has 1 N–H and O–H groups in total. The lowest BCUT2D eigenvalue weighted by atomic mass is 10.1. The Labute approximate surface area is 83.2 Å². The second-order valence-corrected chi connectivity index (χ2v) is 3.01. The van der Waals surface area contributed by atoms with Gasteiger partial charge in [0, 0.05) is 13.7 Å². The fourth-order valence-electron chi connectivity index (χ4n) is 1.32. The third-order valence-electron chi connectivity index (χ3n) is 1.96. The minimum atomic E-state index is 0.454. The van der Waals surface area contributed by atoms with Gasteiger partial charge in [-0.05, 0) is 35.5 Å². The van der Waals surface area contributed by atoms with Crippen LogP contribution in [0, 0.1) is 4.91 Å². The van der Waals surface area contributed by atoms with E-state index in [1.54, 1.807) is 19.2 Å². The zero-order chi connectivity index (χ0) is 10.4. The van der Waals surface area contributed by atoms with Gasteiger partial charge < -0.3 is 10.1 Å². The summed E-state index contributed by atoms with van der Waals surface area (Å²) in [6.45, 7) is 1.26. The Morgan fingerprint density at radius 1 is 1.43 bits per heavy atom. The van der Waals surface area contributed by atoms with Crippen molar-refractivity contribution in [1.82, 2.24) is 5.32 Å². The fourth-order valence-corrected chi connectivity index (χ4v) is 1.32. The molecule has 0 spiro atoms. The molecular formula is C10H14N2O2. The Morgan fingerprint density at radius 2 is 2.21 bits per heavy atom. The summed E-state index contributed by atoms with van der Waals surface area (Å²) in [6, 6.07) is 5.34. The molecule has 0 unspecified atom stereocenters. The lowest BCUT2D eigenvalue weighted by molar-refractivity contribution is 0.184. The molecule has 0 aromatic heterocycles. The van der Waals surface area contributed by atoms with Crippen molar-refractivity contribution >= 4 is 5.69 Å². The zero-order valence-corrected chi connectivity index (χ0v) is 8.41.